The van der Waals surface area contributed by atoms with E-state index in [1.54, 1.807) is 24.4 Å². The molecule has 1 heterocycles. The Kier molecular flexibility index (Phi) is 5.43. The van der Waals surface area contributed by atoms with Crippen LogP contribution in [0.5, 0.6) is 5.88 Å². The molecule has 0 atom stereocenters. The molecule has 0 radical (unpaired) electrons. The van der Waals surface area contributed by atoms with E-state index in [2.05, 4.69) is 10.3 Å². The second-order valence-corrected chi connectivity index (χ2v) is 4.56. The maximum absolute atomic E-state index is 13.3. The van der Waals surface area contributed by atoms with Crippen LogP contribution in [0.2, 0.25) is 0 Å². The second-order valence-electron chi connectivity index (χ2n) is 4.56. The first-order chi connectivity index (χ1) is 10.7. The van der Waals surface area contributed by atoms with Crippen LogP contribution in [0, 0.1) is 5.82 Å². The number of aromatic nitrogens is 1. The molecule has 6 heteroatoms. The van der Waals surface area contributed by atoms with Crippen LogP contribution in [0.25, 0.3) is 0 Å². The lowest BCUT2D eigenvalue weighted by Crippen LogP contribution is -2.24. The van der Waals surface area contributed by atoms with E-state index in [-0.39, 0.29) is 30.5 Å². The average molecular weight is 304 g/mol. The van der Waals surface area contributed by atoms with Crippen LogP contribution in [0.1, 0.15) is 28.4 Å². The minimum absolute atomic E-state index is 0.197. The van der Waals surface area contributed by atoms with Crippen molar-refractivity contribution in [3.63, 3.8) is 0 Å². The maximum atomic E-state index is 13.3. The number of nitrogens with one attached hydrogen (secondary N) is 1. The molecule has 0 aliphatic heterocycles. The summed E-state index contributed by atoms with van der Waals surface area (Å²) in [6, 6.07) is 7.61. The SMILES string of the molecule is CCOc1ncccc1C(=O)NCc1ccc(F)c(CO)c1. The van der Waals surface area contributed by atoms with E-state index < -0.39 is 5.82 Å². The zero-order chi connectivity index (χ0) is 15.9. The van der Waals surface area contributed by atoms with Crippen molar-refractivity contribution in [2.24, 2.45) is 0 Å². The predicted octanol–water partition coefficient (Wildman–Crippen LogP) is 2.04. The molecule has 0 aliphatic carbocycles. The zero-order valence-corrected chi connectivity index (χ0v) is 12.2. The molecule has 2 aromatic rings. The topological polar surface area (TPSA) is 71.5 Å². The van der Waals surface area contributed by atoms with E-state index in [4.69, 9.17) is 9.84 Å². The van der Waals surface area contributed by atoms with Gasteiger partial charge in [0.05, 0.1) is 13.2 Å². The summed E-state index contributed by atoms with van der Waals surface area (Å²) in [5, 5.41) is 11.8. The van der Waals surface area contributed by atoms with Gasteiger partial charge in [-0.25, -0.2) is 9.37 Å². The second kappa shape index (κ2) is 7.51. The van der Waals surface area contributed by atoms with E-state index >= 15 is 0 Å². The largest absolute Gasteiger partial charge is 0.477 e. The van der Waals surface area contributed by atoms with Gasteiger partial charge >= 0.3 is 0 Å². The Hall–Kier alpha value is -2.47. The first-order valence-corrected chi connectivity index (χ1v) is 6.90. The number of carbonyl (C=O) groups excluding carboxylic acids is 1. The van der Waals surface area contributed by atoms with E-state index in [0.29, 0.717) is 17.7 Å². The number of amides is 1. The Morgan fingerprint density at radius 3 is 2.95 bits per heavy atom. The Morgan fingerprint density at radius 2 is 2.23 bits per heavy atom. The predicted molar refractivity (Wildman–Crippen MR) is 78.9 cm³/mol. The monoisotopic (exact) mass is 304 g/mol. The molecule has 0 bridgehead atoms. The van der Waals surface area contributed by atoms with Gasteiger partial charge in [0.1, 0.15) is 11.4 Å². The molecule has 1 aromatic carbocycles. The first kappa shape index (κ1) is 15.9. The van der Waals surface area contributed by atoms with Crippen molar-refractivity contribution in [2.75, 3.05) is 6.61 Å². The first-order valence-electron chi connectivity index (χ1n) is 6.90. The van der Waals surface area contributed by atoms with Gasteiger partial charge in [-0.1, -0.05) is 6.07 Å². The summed E-state index contributed by atoms with van der Waals surface area (Å²) in [5.41, 5.74) is 1.23. The van der Waals surface area contributed by atoms with Crippen molar-refractivity contribution in [1.29, 1.82) is 0 Å². The Labute approximate surface area is 127 Å². The molecule has 116 valence electrons. The van der Waals surface area contributed by atoms with Gasteiger partial charge in [-0.3, -0.25) is 4.79 Å². The number of hydrogen-bond acceptors (Lipinski definition) is 4. The number of ether oxygens (including phenoxy) is 1. The molecule has 1 amide bonds. The number of pyridine rings is 1. The molecule has 0 fully saturated rings. The molecule has 0 saturated heterocycles. The third-order valence-corrected chi connectivity index (χ3v) is 3.03. The summed E-state index contributed by atoms with van der Waals surface area (Å²) < 4.78 is 18.6. The van der Waals surface area contributed by atoms with Gasteiger partial charge in [0, 0.05) is 18.3 Å². The lowest BCUT2D eigenvalue weighted by Gasteiger charge is -2.10. The summed E-state index contributed by atoms with van der Waals surface area (Å²) in [4.78, 5) is 16.2. The van der Waals surface area contributed by atoms with E-state index in [1.165, 1.54) is 12.1 Å². The van der Waals surface area contributed by atoms with Gasteiger partial charge in [0.25, 0.3) is 5.91 Å². The number of halogens is 1. The highest BCUT2D eigenvalue weighted by Gasteiger charge is 2.13. The Bertz CT molecular complexity index is 662. The highest BCUT2D eigenvalue weighted by molar-refractivity contribution is 5.96. The van der Waals surface area contributed by atoms with Crippen LogP contribution in [0.4, 0.5) is 4.39 Å². The zero-order valence-electron chi connectivity index (χ0n) is 12.2. The van der Waals surface area contributed by atoms with Crippen LogP contribution in [-0.4, -0.2) is 22.6 Å². The number of rotatable bonds is 6. The number of carbonyl (C=O) groups is 1. The number of aliphatic hydroxyl groups excluding tert-OH is 1. The lowest BCUT2D eigenvalue weighted by atomic mass is 10.1. The normalized spacial score (nSPS) is 10.3. The molecule has 22 heavy (non-hydrogen) atoms. The minimum Gasteiger partial charge on any atom is -0.477 e. The highest BCUT2D eigenvalue weighted by Crippen LogP contribution is 2.15. The van der Waals surface area contributed by atoms with Crippen molar-refractivity contribution >= 4 is 5.91 Å². The minimum atomic E-state index is -0.469. The fraction of sp³-hybridized carbons (Fsp3) is 0.250. The molecule has 2 N–H and O–H groups in total. The fourth-order valence-electron chi connectivity index (χ4n) is 1.95. The van der Waals surface area contributed by atoms with Crippen LogP contribution in [-0.2, 0) is 13.2 Å². The summed E-state index contributed by atoms with van der Waals surface area (Å²) >= 11 is 0. The van der Waals surface area contributed by atoms with E-state index in [9.17, 15) is 9.18 Å². The summed E-state index contributed by atoms with van der Waals surface area (Å²) in [5.74, 6) is -0.521. The van der Waals surface area contributed by atoms with E-state index in [0.717, 1.165) is 0 Å². The Morgan fingerprint density at radius 1 is 1.41 bits per heavy atom. The van der Waals surface area contributed by atoms with Gasteiger partial charge in [-0.2, -0.15) is 0 Å². The molecule has 0 unspecified atom stereocenters. The van der Waals surface area contributed by atoms with Gasteiger partial charge < -0.3 is 15.2 Å². The fourth-order valence-corrected chi connectivity index (χ4v) is 1.95. The van der Waals surface area contributed by atoms with Crippen molar-refractivity contribution in [1.82, 2.24) is 10.3 Å². The van der Waals surface area contributed by atoms with Crippen molar-refractivity contribution in [3.05, 3.63) is 59.0 Å². The molecular formula is C16H17FN2O3. The number of nitrogens with zero attached hydrogens (tertiary/aromatic N) is 1. The number of hydrogen-bond donors (Lipinski definition) is 2. The van der Waals surface area contributed by atoms with Crippen LogP contribution in [0.15, 0.2) is 36.5 Å². The van der Waals surface area contributed by atoms with Crippen LogP contribution >= 0.6 is 0 Å². The van der Waals surface area contributed by atoms with Gasteiger partial charge in [-0.15, -0.1) is 0 Å². The molecule has 5 nitrogen and oxygen atoms in total. The molecule has 0 aliphatic rings. The molecule has 0 spiro atoms. The maximum Gasteiger partial charge on any atom is 0.257 e. The quantitative estimate of drug-likeness (QED) is 0.857. The Balaban J connectivity index is 2.07. The summed E-state index contributed by atoms with van der Waals surface area (Å²) in [7, 11) is 0. The van der Waals surface area contributed by atoms with Crippen LogP contribution in [0.3, 0.4) is 0 Å². The summed E-state index contributed by atoms with van der Waals surface area (Å²) in [6.45, 7) is 2.05. The third-order valence-electron chi connectivity index (χ3n) is 3.03. The van der Waals surface area contributed by atoms with Gasteiger partial charge in [0.15, 0.2) is 0 Å². The van der Waals surface area contributed by atoms with Gasteiger partial charge in [-0.05, 0) is 36.8 Å². The molecule has 0 saturated carbocycles. The number of benzene rings is 1. The standard InChI is InChI=1S/C16H17FN2O3/c1-2-22-16-13(4-3-7-18-16)15(21)19-9-11-5-6-14(17)12(8-11)10-20/h3-8,20H,2,9-10H2,1H3,(H,19,21). The molecule has 2 rings (SSSR count). The lowest BCUT2D eigenvalue weighted by molar-refractivity contribution is 0.0946. The highest BCUT2D eigenvalue weighted by atomic mass is 19.1. The van der Waals surface area contributed by atoms with E-state index in [1.807, 2.05) is 6.92 Å². The van der Waals surface area contributed by atoms with Gasteiger partial charge in [0.2, 0.25) is 5.88 Å². The van der Waals surface area contributed by atoms with Crippen molar-refractivity contribution < 1.29 is 19.0 Å². The van der Waals surface area contributed by atoms with Crippen LogP contribution < -0.4 is 10.1 Å². The van der Waals surface area contributed by atoms with Crippen molar-refractivity contribution in [3.8, 4) is 5.88 Å². The van der Waals surface area contributed by atoms with Crippen molar-refractivity contribution in [2.45, 2.75) is 20.1 Å². The summed E-state index contributed by atoms with van der Waals surface area (Å²) in [6.07, 6.45) is 1.55. The smallest absolute Gasteiger partial charge is 0.257 e. The molecule has 1 aromatic heterocycles. The number of aliphatic hydroxyl groups is 1. The average Bonchev–Trinajstić information content (AvgIpc) is 2.54. The molecular weight excluding hydrogens is 287 g/mol. The third kappa shape index (κ3) is 3.79.